The Labute approximate surface area is 197 Å². The van der Waals surface area contributed by atoms with Crippen LogP contribution in [-0.4, -0.2) is 15.7 Å². The van der Waals surface area contributed by atoms with Crippen molar-refractivity contribution in [1.82, 2.24) is 9.97 Å². The van der Waals surface area contributed by atoms with Crippen molar-refractivity contribution >= 4 is 28.9 Å². The van der Waals surface area contributed by atoms with Crippen molar-refractivity contribution in [3.05, 3.63) is 83.1 Å². The Hall–Kier alpha value is -3.67. The smallest absolute Gasteiger partial charge is 0.221 e. The molecule has 0 unspecified atom stereocenters. The quantitative estimate of drug-likeness (QED) is 0.184. The molecule has 1 aromatic heterocycles. The summed E-state index contributed by atoms with van der Waals surface area (Å²) in [6.07, 6.45) is 6.36. The van der Waals surface area contributed by atoms with E-state index >= 15 is 0 Å². The summed E-state index contributed by atoms with van der Waals surface area (Å²) >= 11 is 0. The number of unbranched alkanes of at least 4 members (excludes halogenated alkanes) is 1. The Kier molecular flexibility index (Phi) is 9.61. The van der Waals surface area contributed by atoms with Gasteiger partial charge in [-0.05, 0) is 62.1 Å². The minimum absolute atomic E-state index is 0.198. The van der Waals surface area contributed by atoms with Crippen LogP contribution in [0.1, 0.15) is 70.1 Å². The van der Waals surface area contributed by atoms with E-state index in [1.165, 1.54) is 24.0 Å². The molecule has 0 bridgehead atoms. The van der Waals surface area contributed by atoms with Gasteiger partial charge in [-0.1, -0.05) is 57.0 Å². The van der Waals surface area contributed by atoms with Gasteiger partial charge in [-0.15, -0.1) is 0 Å². The first-order valence-electron chi connectivity index (χ1n) is 11.3. The summed E-state index contributed by atoms with van der Waals surface area (Å²) in [5.74, 6) is 1.18. The molecule has 2 aromatic carbocycles. The molecule has 0 amide bonds. The SMILES string of the molecule is CC(C)c1cccc(C(=N)c2cc(Nc3ccnc(N)n3)ccc2N)c1.CCCC=C(C)C. The zero-order valence-electron chi connectivity index (χ0n) is 20.3. The number of allylic oxidation sites excluding steroid dienone is 2. The molecule has 0 fully saturated rings. The monoisotopic (exact) mass is 444 g/mol. The molecule has 0 atom stereocenters. The van der Waals surface area contributed by atoms with Gasteiger partial charge in [0.1, 0.15) is 5.82 Å². The van der Waals surface area contributed by atoms with Gasteiger partial charge < -0.3 is 16.8 Å². The average molecular weight is 445 g/mol. The largest absolute Gasteiger partial charge is 0.398 e. The molecule has 0 saturated carbocycles. The predicted octanol–water partition coefficient (Wildman–Crippen LogP) is 6.68. The van der Waals surface area contributed by atoms with E-state index in [1.807, 2.05) is 30.3 Å². The average Bonchev–Trinajstić information content (AvgIpc) is 2.79. The molecule has 0 saturated heterocycles. The molecule has 0 aliphatic carbocycles. The van der Waals surface area contributed by atoms with Crippen LogP contribution < -0.4 is 16.8 Å². The summed E-state index contributed by atoms with van der Waals surface area (Å²) in [5, 5.41) is 11.8. The highest BCUT2D eigenvalue weighted by atomic mass is 15.1. The molecule has 3 aromatic rings. The van der Waals surface area contributed by atoms with Crippen molar-refractivity contribution in [2.24, 2.45) is 0 Å². The van der Waals surface area contributed by atoms with Crippen LogP contribution in [0, 0.1) is 5.41 Å². The normalized spacial score (nSPS) is 10.2. The second-order valence-electron chi connectivity index (χ2n) is 8.45. The van der Waals surface area contributed by atoms with Crippen molar-refractivity contribution in [2.75, 3.05) is 16.8 Å². The highest BCUT2D eigenvalue weighted by Gasteiger charge is 2.11. The number of nitrogens with two attached hydrogens (primary N) is 2. The van der Waals surface area contributed by atoms with Gasteiger partial charge in [-0.3, -0.25) is 5.41 Å². The molecule has 1 heterocycles. The Bertz CT molecular complexity index is 1100. The maximum atomic E-state index is 8.61. The van der Waals surface area contributed by atoms with E-state index in [2.05, 4.69) is 62.0 Å². The lowest BCUT2D eigenvalue weighted by Gasteiger charge is -2.13. The van der Waals surface area contributed by atoms with E-state index in [9.17, 15) is 0 Å². The van der Waals surface area contributed by atoms with Gasteiger partial charge in [0.15, 0.2) is 0 Å². The number of hydrogen-bond donors (Lipinski definition) is 4. The summed E-state index contributed by atoms with van der Waals surface area (Å²) < 4.78 is 0. The van der Waals surface area contributed by atoms with Gasteiger partial charge in [0, 0.05) is 28.7 Å². The Morgan fingerprint density at radius 1 is 1.09 bits per heavy atom. The molecule has 0 spiro atoms. The first kappa shape index (κ1) is 25.6. The molecule has 0 aliphatic rings. The lowest BCUT2D eigenvalue weighted by molar-refractivity contribution is 0.866. The summed E-state index contributed by atoms with van der Waals surface area (Å²) in [6, 6.07) is 15.2. The second kappa shape index (κ2) is 12.4. The fourth-order valence-corrected chi connectivity index (χ4v) is 3.08. The highest BCUT2D eigenvalue weighted by molar-refractivity contribution is 6.14. The van der Waals surface area contributed by atoms with E-state index in [4.69, 9.17) is 16.9 Å². The Morgan fingerprint density at radius 2 is 1.85 bits per heavy atom. The van der Waals surface area contributed by atoms with Crippen LogP contribution in [0.15, 0.2) is 66.4 Å². The number of nitrogen functional groups attached to an aromatic ring is 2. The van der Waals surface area contributed by atoms with E-state index < -0.39 is 0 Å². The Balaban J connectivity index is 0.000000479. The third-order valence-corrected chi connectivity index (χ3v) is 4.95. The summed E-state index contributed by atoms with van der Waals surface area (Å²) in [6.45, 7) is 10.7. The van der Waals surface area contributed by atoms with Crippen LogP contribution in [0.2, 0.25) is 0 Å². The number of hydrogen-bond acceptors (Lipinski definition) is 6. The number of nitrogens with one attached hydrogen (secondary N) is 2. The fraction of sp³-hybridized carbons (Fsp3) is 0.296. The zero-order chi connectivity index (χ0) is 24.4. The number of benzene rings is 2. The van der Waals surface area contributed by atoms with Crippen LogP contribution in [0.25, 0.3) is 0 Å². The molecular weight excluding hydrogens is 408 g/mol. The van der Waals surface area contributed by atoms with Crippen molar-refractivity contribution in [1.29, 1.82) is 5.41 Å². The summed E-state index contributed by atoms with van der Waals surface area (Å²) in [5.41, 5.74) is 17.6. The van der Waals surface area contributed by atoms with Gasteiger partial charge in [0.2, 0.25) is 5.95 Å². The number of anilines is 4. The van der Waals surface area contributed by atoms with Crippen LogP contribution in [0.3, 0.4) is 0 Å². The van der Waals surface area contributed by atoms with Crippen molar-refractivity contribution in [2.45, 2.75) is 53.4 Å². The molecule has 6 N–H and O–H groups in total. The second-order valence-corrected chi connectivity index (χ2v) is 8.45. The first-order chi connectivity index (χ1) is 15.7. The summed E-state index contributed by atoms with van der Waals surface area (Å²) in [7, 11) is 0. The maximum absolute atomic E-state index is 8.61. The van der Waals surface area contributed by atoms with Gasteiger partial charge in [0.25, 0.3) is 0 Å². The zero-order valence-corrected chi connectivity index (χ0v) is 20.3. The molecular formula is C27H36N6. The van der Waals surface area contributed by atoms with Crippen LogP contribution >= 0.6 is 0 Å². The molecule has 0 radical (unpaired) electrons. The molecule has 174 valence electrons. The van der Waals surface area contributed by atoms with Crippen LogP contribution in [0.5, 0.6) is 0 Å². The number of nitrogens with zero attached hydrogens (tertiary/aromatic N) is 2. The fourth-order valence-electron chi connectivity index (χ4n) is 3.08. The topological polar surface area (TPSA) is 114 Å². The van der Waals surface area contributed by atoms with Crippen molar-refractivity contribution in [3.63, 3.8) is 0 Å². The van der Waals surface area contributed by atoms with Crippen molar-refractivity contribution in [3.8, 4) is 0 Å². The van der Waals surface area contributed by atoms with Gasteiger partial charge >= 0.3 is 0 Å². The van der Waals surface area contributed by atoms with Crippen molar-refractivity contribution < 1.29 is 0 Å². The van der Waals surface area contributed by atoms with E-state index in [1.54, 1.807) is 18.3 Å². The highest BCUT2D eigenvalue weighted by Crippen LogP contribution is 2.25. The van der Waals surface area contributed by atoms with Crippen LogP contribution in [-0.2, 0) is 0 Å². The first-order valence-corrected chi connectivity index (χ1v) is 11.3. The Morgan fingerprint density at radius 3 is 2.45 bits per heavy atom. The van der Waals surface area contributed by atoms with Crippen LogP contribution in [0.4, 0.5) is 23.1 Å². The van der Waals surface area contributed by atoms with E-state index in [-0.39, 0.29) is 5.95 Å². The number of rotatable bonds is 7. The van der Waals surface area contributed by atoms with Gasteiger partial charge in [-0.2, -0.15) is 4.98 Å². The third-order valence-electron chi connectivity index (χ3n) is 4.95. The predicted molar refractivity (Wildman–Crippen MR) is 141 cm³/mol. The minimum atomic E-state index is 0.198. The third kappa shape index (κ3) is 8.07. The summed E-state index contributed by atoms with van der Waals surface area (Å²) in [4.78, 5) is 8.00. The standard InChI is InChI=1S/C20H22N6.C7H14/c1-12(2)13-4-3-5-14(10-13)19(22)16-11-15(6-7-17(16)21)25-18-8-9-24-20(23)26-18;1-4-5-6-7(2)3/h3-12,22H,21H2,1-2H3,(H3,23,24,25,26);6H,4-5H2,1-3H3. The lowest BCUT2D eigenvalue weighted by Crippen LogP contribution is -2.07. The maximum Gasteiger partial charge on any atom is 0.221 e. The van der Waals surface area contributed by atoms with E-state index in [0.717, 1.165) is 11.3 Å². The molecule has 3 rings (SSSR count). The molecule has 6 heteroatoms. The lowest BCUT2D eigenvalue weighted by atomic mass is 9.95. The molecule has 0 aliphatic heterocycles. The molecule has 6 nitrogen and oxygen atoms in total. The van der Waals surface area contributed by atoms with Gasteiger partial charge in [-0.25, -0.2) is 4.98 Å². The molecule has 33 heavy (non-hydrogen) atoms. The number of aromatic nitrogens is 2. The minimum Gasteiger partial charge on any atom is -0.398 e. The van der Waals surface area contributed by atoms with E-state index in [0.29, 0.717) is 28.7 Å². The van der Waals surface area contributed by atoms with Gasteiger partial charge in [0.05, 0.1) is 5.71 Å².